The first-order valence-electron chi connectivity index (χ1n) is 9.21. The molecular weight excluding hydrogens is 420 g/mol. The van der Waals surface area contributed by atoms with Gasteiger partial charge in [-0.15, -0.1) is 0 Å². The molecular formula is C22H17ClN4O4. The van der Waals surface area contributed by atoms with E-state index in [9.17, 15) is 15.2 Å². The van der Waals surface area contributed by atoms with Crippen LogP contribution < -0.4 is 4.74 Å². The van der Waals surface area contributed by atoms with E-state index < -0.39 is 4.92 Å². The zero-order valence-corrected chi connectivity index (χ0v) is 17.4. The molecule has 0 saturated heterocycles. The summed E-state index contributed by atoms with van der Waals surface area (Å²) in [7, 11) is 1.47. The molecule has 0 bridgehead atoms. The van der Waals surface area contributed by atoms with Crippen LogP contribution in [0.2, 0.25) is 5.02 Å². The minimum Gasteiger partial charge on any atom is -0.504 e. The van der Waals surface area contributed by atoms with Crippen molar-refractivity contribution in [1.29, 1.82) is 0 Å². The minimum atomic E-state index is -0.487. The van der Waals surface area contributed by atoms with Crippen molar-refractivity contribution in [1.82, 2.24) is 9.38 Å². The van der Waals surface area contributed by atoms with Gasteiger partial charge in [0.05, 0.1) is 12.0 Å². The molecule has 0 fully saturated rings. The van der Waals surface area contributed by atoms with Crippen LogP contribution in [0.3, 0.4) is 0 Å². The topological polar surface area (TPSA) is 102 Å². The van der Waals surface area contributed by atoms with Crippen LogP contribution in [0.1, 0.15) is 11.1 Å². The van der Waals surface area contributed by atoms with Gasteiger partial charge in [0.15, 0.2) is 17.3 Å². The highest BCUT2D eigenvalue weighted by atomic mass is 35.5. The van der Waals surface area contributed by atoms with Crippen molar-refractivity contribution in [3.8, 4) is 22.8 Å². The molecule has 1 N–H and O–H groups in total. The van der Waals surface area contributed by atoms with Crippen molar-refractivity contribution in [3.05, 3.63) is 81.0 Å². The third-order valence-corrected chi connectivity index (χ3v) is 5.07. The summed E-state index contributed by atoms with van der Waals surface area (Å²) in [5.74, 6) is 0.826. The standard InChI is InChI=1S/C22H17ClN4O4/c1-13-7-8-26-20(9-13)25-21(14-3-6-18(28)19(11-14)31-2)22(26)24-12-15-10-16(27(29)30)4-5-17(15)23/h3-12,28H,1-2H3. The number of aryl methyl sites for hydroxylation is 1. The lowest BCUT2D eigenvalue weighted by Crippen LogP contribution is -1.91. The number of aliphatic imine (C=N–C) groups is 1. The van der Waals surface area contributed by atoms with Gasteiger partial charge in [-0.05, 0) is 48.9 Å². The second-order valence-corrected chi connectivity index (χ2v) is 7.23. The van der Waals surface area contributed by atoms with E-state index in [0.717, 1.165) is 5.56 Å². The zero-order valence-electron chi connectivity index (χ0n) is 16.6. The predicted octanol–water partition coefficient (Wildman–Crippen LogP) is 5.34. The molecule has 0 aliphatic heterocycles. The first-order valence-corrected chi connectivity index (χ1v) is 9.59. The number of non-ortho nitro benzene ring substituents is 1. The normalized spacial score (nSPS) is 11.3. The molecule has 9 heteroatoms. The maximum atomic E-state index is 11.1. The predicted molar refractivity (Wildman–Crippen MR) is 119 cm³/mol. The number of fused-ring (bicyclic) bond motifs is 1. The Morgan fingerprint density at radius 3 is 2.77 bits per heavy atom. The summed E-state index contributed by atoms with van der Waals surface area (Å²) in [4.78, 5) is 19.9. The number of rotatable bonds is 5. The Kier molecular flexibility index (Phi) is 5.31. The van der Waals surface area contributed by atoms with Crippen LogP contribution in [0.25, 0.3) is 16.9 Å². The Morgan fingerprint density at radius 2 is 2.03 bits per heavy atom. The summed E-state index contributed by atoms with van der Waals surface area (Å²) in [6.45, 7) is 1.96. The quantitative estimate of drug-likeness (QED) is 0.258. The number of aromatic hydroxyl groups is 1. The third-order valence-electron chi connectivity index (χ3n) is 4.73. The number of phenols is 1. The van der Waals surface area contributed by atoms with E-state index in [2.05, 4.69) is 4.99 Å². The monoisotopic (exact) mass is 436 g/mol. The van der Waals surface area contributed by atoms with Crippen molar-refractivity contribution < 1.29 is 14.8 Å². The molecule has 0 aliphatic rings. The number of nitrogens with zero attached hydrogens (tertiary/aromatic N) is 4. The number of nitro benzene ring substituents is 1. The maximum Gasteiger partial charge on any atom is 0.270 e. The van der Waals surface area contributed by atoms with Gasteiger partial charge in [-0.1, -0.05) is 11.6 Å². The minimum absolute atomic E-state index is 0.0132. The molecule has 0 saturated carbocycles. The largest absolute Gasteiger partial charge is 0.504 e. The molecule has 0 unspecified atom stereocenters. The molecule has 0 atom stereocenters. The number of benzene rings is 2. The summed E-state index contributed by atoms with van der Waals surface area (Å²) < 4.78 is 7.03. The fourth-order valence-electron chi connectivity index (χ4n) is 3.15. The lowest BCUT2D eigenvalue weighted by Gasteiger charge is -2.06. The summed E-state index contributed by atoms with van der Waals surface area (Å²) in [6, 6.07) is 12.9. The third kappa shape index (κ3) is 3.93. The fourth-order valence-corrected chi connectivity index (χ4v) is 3.32. The molecule has 156 valence electrons. The summed E-state index contributed by atoms with van der Waals surface area (Å²) in [6.07, 6.45) is 3.32. The van der Waals surface area contributed by atoms with Crippen molar-refractivity contribution in [2.24, 2.45) is 4.99 Å². The summed E-state index contributed by atoms with van der Waals surface area (Å²) in [5.41, 5.74) is 3.29. The van der Waals surface area contributed by atoms with Gasteiger partial charge in [0.1, 0.15) is 11.3 Å². The molecule has 0 radical (unpaired) electrons. The Hall–Kier alpha value is -3.91. The second-order valence-electron chi connectivity index (χ2n) is 6.82. The molecule has 8 nitrogen and oxygen atoms in total. The number of methoxy groups -OCH3 is 1. The van der Waals surface area contributed by atoms with Crippen molar-refractivity contribution in [2.45, 2.75) is 6.92 Å². The molecule has 2 aromatic heterocycles. The average molecular weight is 437 g/mol. The van der Waals surface area contributed by atoms with Gasteiger partial charge in [-0.3, -0.25) is 14.5 Å². The highest BCUT2D eigenvalue weighted by Crippen LogP contribution is 2.36. The van der Waals surface area contributed by atoms with Gasteiger partial charge < -0.3 is 9.84 Å². The van der Waals surface area contributed by atoms with Crippen molar-refractivity contribution >= 4 is 35.0 Å². The van der Waals surface area contributed by atoms with E-state index in [0.29, 0.717) is 39.1 Å². The van der Waals surface area contributed by atoms with Gasteiger partial charge in [-0.2, -0.15) is 0 Å². The fraction of sp³-hybridized carbons (Fsp3) is 0.0909. The van der Waals surface area contributed by atoms with Crippen LogP contribution in [0.4, 0.5) is 11.5 Å². The van der Waals surface area contributed by atoms with E-state index in [4.69, 9.17) is 21.3 Å². The number of halogens is 1. The van der Waals surface area contributed by atoms with Crippen molar-refractivity contribution in [3.63, 3.8) is 0 Å². The molecule has 0 spiro atoms. The van der Waals surface area contributed by atoms with E-state index in [1.54, 1.807) is 12.1 Å². The molecule has 31 heavy (non-hydrogen) atoms. The number of imidazole rings is 1. The van der Waals surface area contributed by atoms with Crippen LogP contribution in [-0.4, -0.2) is 32.7 Å². The Labute approximate surface area is 182 Å². The van der Waals surface area contributed by atoms with Gasteiger partial charge in [0, 0.05) is 40.7 Å². The van der Waals surface area contributed by atoms with E-state index >= 15 is 0 Å². The maximum absolute atomic E-state index is 11.1. The highest BCUT2D eigenvalue weighted by Gasteiger charge is 2.16. The number of nitro groups is 1. The molecule has 4 aromatic rings. The number of hydrogen-bond acceptors (Lipinski definition) is 6. The second kappa shape index (κ2) is 8.08. The van der Waals surface area contributed by atoms with Crippen LogP contribution in [0.15, 0.2) is 59.7 Å². The lowest BCUT2D eigenvalue weighted by atomic mass is 10.1. The average Bonchev–Trinajstić information content (AvgIpc) is 3.10. The molecule has 4 rings (SSSR count). The van der Waals surface area contributed by atoms with Crippen LogP contribution in [0.5, 0.6) is 11.5 Å². The molecule has 2 aromatic carbocycles. The Balaban J connectivity index is 1.89. The SMILES string of the molecule is COc1cc(-c2nc3cc(C)ccn3c2N=Cc2cc([N+](=O)[O-])ccc2Cl)ccc1O. The van der Waals surface area contributed by atoms with E-state index in [-0.39, 0.29) is 11.4 Å². The van der Waals surface area contributed by atoms with Gasteiger partial charge in [0.25, 0.3) is 5.69 Å². The number of hydrogen-bond donors (Lipinski definition) is 1. The number of ether oxygens (including phenoxy) is 1. The summed E-state index contributed by atoms with van der Waals surface area (Å²) in [5, 5.41) is 21.4. The van der Waals surface area contributed by atoms with Gasteiger partial charge >= 0.3 is 0 Å². The lowest BCUT2D eigenvalue weighted by molar-refractivity contribution is -0.384. The van der Waals surface area contributed by atoms with Gasteiger partial charge in [0.2, 0.25) is 0 Å². The van der Waals surface area contributed by atoms with E-state index in [1.807, 2.05) is 29.7 Å². The number of aromatic nitrogens is 2. The molecule has 0 amide bonds. The number of pyridine rings is 1. The van der Waals surface area contributed by atoms with Crippen molar-refractivity contribution in [2.75, 3.05) is 7.11 Å². The molecule has 0 aliphatic carbocycles. The molecule has 2 heterocycles. The zero-order chi connectivity index (χ0) is 22.1. The van der Waals surface area contributed by atoms with E-state index in [1.165, 1.54) is 37.6 Å². The Bertz CT molecular complexity index is 1350. The first-order chi connectivity index (χ1) is 14.9. The highest BCUT2D eigenvalue weighted by molar-refractivity contribution is 6.33. The first kappa shape index (κ1) is 20.4. The Morgan fingerprint density at radius 1 is 1.23 bits per heavy atom. The van der Waals surface area contributed by atoms with Gasteiger partial charge in [-0.25, -0.2) is 9.98 Å². The number of phenolic OH excluding ortho intramolecular Hbond substituents is 1. The van der Waals surface area contributed by atoms with Crippen LogP contribution >= 0.6 is 11.6 Å². The van der Waals surface area contributed by atoms with Crippen LogP contribution in [0, 0.1) is 17.0 Å². The van der Waals surface area contributed by atoms with Crippen LogP contribution in [-0.2, 0) is 0 Å². The summed E-state index contributed by atoms with van der Waals surface area (Å²) >= 11 is 6.21. The smallest absolute Gasteiger partial charge is 0.270 e.